The monoisotopic (exact) mass is 956 g/mol. The van der Waals surface area contributed by atoms with E-state index < -0.39 is 145 Å². The summed E-state index contributed by atoms with van der Waals surface area (Å²) in [5.74, 6) is -1.74. The lowest BCUT2D eigenvalue weighted by atomic mass is 9.33. The molecule has 4 saturated carbocycles. The quantitative estimate of drug-likeness (QED) is 0.106. The molecule has 0 unspecified atom stereocenters. The van der Waals surface area contributed by atoms with Crippen LogP contribution in [-0.4, -0.2) is 180 Å². The fourth-order valence-electron chi connectivity index (χ4n) is 15.5. The summed E-state index contributed by atoms with van der Waals surface area (Å²) in [6.45, 7) is 12.9. The van der Waals surface area contributed by atoms with Gasteiger partial charge in [-0.05, 0) is 111 Å². The highest BCUT2D eigenvalue weighted by molar-refractivity contribution is 5.84. The van der Waals surface area contributed by atoms with Crippen LogP contribution in [-0.2, 0) is 38.0 Å². The van der Waals surface area contributed by atoms with Crippen molar-refractivity contribution in [2.24, 2.45) is 56.7 Å². The van der Waals surface area contributed by atoms with E-state index in [0.29, 0.717) is 44.9 Å². The number of carbonyl (C=O) groups is 2. The first kappa shape index (κ1) is 51.4. The van der Waals surface area contributed by atoms with E-state index in [1.165, 1.54) is 0 Å². The van der Waals surface area contributed by atoms with E-state index in [-0.39, 0.29) is 41.4 Å². The summed E-state index contributed by atoms with van der Waals surface area (Å²) in [4.78, 5) is 27.2. The van der Waals surface area contributed by atoms with Gasteiger partial charge in [0.15, 0.2) is 18.9 Å². The van der Waals surface area contributed by atoms with Crippen molar-refractivity contribution in [2.45, 2.75) is 204 Å². The SMILES string of the molecule is C[C@H]1[C@H](C)CC[C@]2(C(=O)O)CC[C@]3(C(=O)O)C(=CC[C@@H]4[C@@]5(C)CC[C@H](O[C@H]6O[C@H](C)[C@@H](O)[C@H](O[C@H]7O[C@H](CO)[C@@H](O[C@@H]8O[C@H](CO)[C@@H](O)[C@H](O)[C@H]8O)[C@H](O)[C@H]7O)[C@H]6O)C(C)(C)[C@@H]5CC[C@]43C)[C@H]12. The fourth-order valence-corrected chi connectivity index (χ4v) is 15.5. The summed E-state index contributed by atoms with van der Waals surface area (Å²) >= 11 is 0. The lowest BCUT2D eigenvalue weighted by Gasteiger charge is -2.70. The van der Waals surface area contributed by atoms with E-state index in [4.69, 9.17) is 28.4 Å². The molecule has 382 valence electrons. The van der Waals surface area contributed by atoms with E-state index in [9.17, 15) is 65.8 Å². The number of hydrogen-bond donors (Lipinski definition) is 11. The van der Waals surface area contributed by atoms with Crippen molar-refractivity contribution in [3.05, 3.63) is 11.6 Å². The average molecular weight is 957 g/mol. The molecule has 67 heavy (non-hydrogen) atoms. The Morgan fingerprint density at radius 2 is 1.24 bits per heavy atom. The molecule has 0 amide bonds. The summed E-state index contributed by atoms with van der Waals surface area (Å²) in [7, 11) is 0. The van der Waals surface area contributed by atoms with Gasteiger partial charge in [0, 0.05) is 0 Å². The van der Waals surface area contributed by atoms with E-state index in [1.807, 2.05) is 0 Å². The van der Waals surface area contributed by atoms with E-state index in [1.54, 1.807) is 6.92 Å². The molecule has 8 rings (SSSR count). The molecule has 5 aliphatic carbocycles. The third kappa shape index (κ3) is 7.70. The van der Waals surface area contributed by atoms with Crippen LogP contribution in [0, 0.1) is 56.7 Å². The lowest BCUT2D eigenvalue weighted by molar-refractivity contribution is -0.382. The molecule has 7 fully saturated rings. The first-order valence-electron chi connectivity index (χ1n) is 24.5. The van der Waals surface area contributed by atoms with Crippen LogP contribution in [0.15, 0.2) is 11.6 Å². The van der Waals surface area contributed by atoms with E-state index >= 15 is 0 Å². The maximum atomic E-state index is 14.0. The number of ether oxygens (including phenoxy) is 6. The van der Waals surface area contributed by atoms with Crippen LogP contribution in [0.25, 0.3) is 0 Å². The molecule has 8 aliphatic rings. The molecule has 11 N–H and O–H groups in total. The molecular weight excluding hydrogens is 881 g/mol. The number of allylic oxidation sites excluding steroid dienone is 1. The molecule has 19 nitrogen and oxygen atoms in total. The molecule has 3 saturated heterocycles. The van der Waals surface area contributed by atoms with Crippen molar-refractivity contribution in [1.82, 2.24) is 0 Å². The zero-order chi connectivity index (χ0) is 49.1. The number of rotatable bonds is 10. The smallest absolute Gasteiger partial charge is 0.314 e. The summed E-state index contributed by atoms with van der Waals surface area (Å²) in [5.41, 5.74) is -2.88. The first-order valence-corrected chi connectivity index (χ1v) is 24.5. The zero-order valence-electron chi connectivity index (χ0n) is 39.7. The molecular formula is C48H76O19. The van der Waals surface area contributed by atoms with Crippen LogP contribution in [0.4, 0.5) is 0 Å². The molecule has 3 heterocycles. The van der Waals surface area contributed by atoms with Gasteiger partial charge in [0.1, 0.15) is 67.1 Å². The minimum Gasteiger partial charge on any atom is -0.481 e. The number of hydrogen-bond acceptors (Lipinski definition) is 17. The van der Waals surface area contributed by atoms with Crippen molar-refractivity contribution in [3.8, 4) is 0 Å². The van der Waals surface area contributed by atoms with Crippen molar-refractivity contribution < 1.29 is 94.2 Å². The molecule has 0 aromatic rings. The predicted molar refractivity (Wildman–Crippen MR) is 231 cm³/mol. The third-order valence-electron chi connectivity index (χ3n) is 19.5. The number of aliphatic hydroxyl groups excluding tert-OH is 9. The number of aliphatic carboxylic acids is 2. The summed E-state index contributed by atoms with van der Waals surface area (Å²) in [6, 6.07) is 0. The first-order chi connectivity index (χ1) is 31.4. The second-order valence-corrected chi connectivity index (χ2v) is 22.8. The van der Waals surface area contributed by atoms with Gasteiger partial charge in [-0.1, -0.05) is 53.2 Å². The maximum absolute atomic E-state index is 14.0. The van der Waals surface area contributed by atoms with Gasteiger partial charge < -0.3 is 84.6 Å². The van der Waals surface area contributed by atoms with Crippen LogP contribution in [0.3, 0.4) is 0 Å². The second-order valence-electron chi connectivity index (χ2n) is 22.8. The van der Waals surface area contributed by atoms with Gasteiger partial charge >= 0.3 is 11.9 Å². The normalized spacial score (nSPS) is 54.1. The largest absolute Gasteiger partial charge is 0.481 e. The molecule has 0 aromatic heterocycles. The van der Waals surface area contributed by atoms with E-state index in [0.717, 1.165) is 12.0 Å². The highest BCUT2D eigenvalue weighted by atomic mass is 16.8. The van der Waals surface area contributed by atoms with Crippen LogP contribution >= 0.6 is 0 Å². The Balaban J connectivity index is 0.985. The van der Waals surface area contributed by atoms with Gasteiger partial charge in [0.25, 0.3) is 0 Å². The Hall–Kier alpha value is -1.92. The maximum Gasteiger partial charge on any atom is 0.314 e. The summed E-state index contributed by atoms with van der Waals surface area (Å²) in [6.07, 6.45) is -17.2. The number of fused-ring (bicyclic) bond motifs is 7. The Morgan fingerprint density at radius 3 is 1.87 bits per heavy atom. The Labute approximate surface area is 391 Å². The van der Waals surface area contributed by atoms with Crippen LogP contribution in [0.2, 0.25) is 0 Å². The summed E-state index contributed by atoms with van der Waals surface area (Å²) < 4.78 is 35.7. The molecule has 0 radical (unpaired) electrons. The van der Waals surface area contributed by atoms with Gasteiger partial charge in [-0.2, -0.15) is 0 Å². The standard InChI is InChI=1S/C48H76O19/c1-20-10-15-47(42(58)59)16-17-48(43(60)61)23(29(47)21(20)2)8-9-27-45(6)13-12-28(44(4,5)26(45)11-14-46(27,48)7)65-41-36(57)38(30(51)22(3)62-41)67-40-35(56)33(54)37(25(19-50)64-40)66-39-34(55)32(53)31(52)24(18-49)63-39/h8,20-22,24-41,49-57H,9-19H2,1-7H3,(H,58,59)(H,60,61)/t20-,21+,22-,24-,25-,26+,27-,28+,29+,30-,31-,32+,33-,34-,35-,36-,37-,38+,39+,40-,41-,45+,46-,47+,48-/m1/s1. The average Bonchev–Trinajstić information content (AvgIpc) is 3.27. The molecule has 0 bridgehead atoms. The third-order valence-corrected chi connectivity index (χ3v) is 19.5. The van der Waals surface area contributed by atoms with Crippen LogP contribution in [0.1, 0.15) is 106 Å². The Bertz CT molecular complexity index is 1860. The van der Waals surface area contributed by atoms with Gasteiger partial charge in [0.05, 0.1) is 36.3 Å². The van der Waals surface area contributed by atoms with Crippen molar-refractivity contribution in [2.75, 3.05) is 13.2 Å². The number of carboxylic acids is 2. The summed E-state index contributed by atoms with van der Waals surface area (Å²) in [5, 5.41) is 119. The van der Waals surface area contributed by atoms with Crippen molar-refractivity contribution in [3.63, 3.8) is 0 Å². The highest BCUT2D eigenvalue weighted by Crippen LogP contribution is 2.76. The highest BCUT2D eigenvalue weighted by Gasteiger charge is 2.73. The molecule has 25 atom stereocenters. The Morgan fingerprint density at radius 1 is 0.627 bits per heavy atom. The Kier molecular flexibility index (Phi) is 14.0. The minimum atomic E-state index is -1.92. The van der Waals surface area contributed by atoms with Crippen molar-refractivity contribution >= 4 is 11.9 Å². The van der Waals surface area contributed by atoms with E-state index in [2.05, 4.69) is 47.6 Å². The number of carboxylic acid groups (broad SMARTS) is 2. The van der Waals surface area contributed by atoms with Gasteiger partial charge in [-0.25, -0.2) is 0 Å². The zero-order valence-corrected chi connectivity index (χ0v) is 39.7. The minimum absolute atomic E-state index is 0.0179. The lowest BCUT2D eigenvalue weighted by Crippen LogP contribution is -2.68. The topological polar surface area (TPSA) is 312 Å². The van der Waals surface area contributed by atoms with Crippen molar-refractivity contribution in [1.29, 1.82) is 0 Å². The predicted octanol–water partition coefficient (Wildman–Crippen LogP) is 0.654. The molecule has 0 aromatic carbocycles. The fraction of sp³-hybridized carbons (Fsp3) is 0.917. The molecule has 19 heteroatoms. The second kappa shape index (κ2) is 18.3. The van der Waals surface area contributed by atoms with Crippen LogP contribution < -0.4 is 0 Å². The van der Waals surface area contributed by atoms with Gasteiger partial charge in [-0.15, -0.1) is 0 Å². The molecule has 3 aliphatic heterocycles. The van der Waals surface area contributed by atoms with Gasteiger partial charge in [-0.3, -0.25) is 9.59 Å². The number of aliphatic hydroxyl groups is 9. The van der Waals surface area contributed by atoms with Gasteiger partial charge in [0.2, 0.25) is 0 Å². The van der Waals surface area contributed by atoms with Crippen LogP contribution in [0.5, 0.6) is 0 Å². The molecule has 0 spiro atoms.